The zero-order chi connectivity index (χ0) is 28.3. The molecule has 0 bridgehead atoms. The summed E-state index contributed by atoms with van der Waals surface area (Å²) in [6, 6.07) is 15.5. The van der Waals surface area contributed by atoms with Gasteiger partial charge in [0.25, 0.3) is 15.9 Å². The van der Waals surface area contributed by atoms with Crippen molar-refractivity contribution in [2.45, 2.75) is 44.1 Å². The number of benzene rings is 2. The van der Waals surface area contributed by atoms with E-state index in [0.717, 1.165) is 29.7 Å². The fraction of sp³-hybridized carbons (Fsp3) is 0.276. The summed E-state index contributed by atoms with van der Waals surface area (Å²) < 4.78 is 47.2. The summed E-state index contributed by atoms with van der Waals surface area (Å²) in [5, 5.41) is 6.78. The minimum absolute atomic E-state index is 0.0291. The molecule has 40 heavy (non-hydrogen) atoms. The van der Waals surface area contributed by atoms with Crippen LogP contribution < -0.4 is 10.0 Å². The van der Waals surface area contributed by atoms with Gasteiger partial charge in [0, 0.05) is 36.6 Å². The van der Waals surface area contributed by atoms with Gasteiger partial charge < -0.3 is 14.7 Å². The fourth-order valence-corrected chi connectivity index (χ4v) is 6.26. The van der Waals surface area contributed by atoms with Gasteiger partial charge in [0.15, 0.2) is 10.8 Å². The number of likely N-dealkylation sites (tertiary alicyclic amines) is 1. The van der Waals surface area contributed by atoms with Crippen LogP contribution in [0, 0.1) is 12.7 Å². The van der Waals surface area contributed by atoms with Crippen LogP contribution in [0.5, 0.6) is 0 Å². The predicted molar refractivity (Wildman–Crippen MR) is 150 cm³/mol. The summed E-state index contributed by atoms with van der Waals surface area (Å²) >= 11 is 0. The molecule has 0 aliphatic carbocycles. The Balaban J connectivity index is 1.49. The van der Waals surface area contributed by atoms with E-state index in [-0.39, 0.29) is 28.5 Å². The highest BCUT2D eigenvalue weighted by Crippen LogP contribution is 2.34. The molecular weight excluding hydrogens is 533 g/mol. The lowest BCUT2D eigenvalue weighted by Crippen LogP contribution is -2.38. The quantitative estimate of drug-likeness (QED) is 0.285. The van der Waals surface area contributed by atoms with Gasteiger partial charge in [-0.15, -0.1) is 0 Å². The van der Waals surface area contributed by atoms with Gasteiger partial charge in [0.2, 0.25) is 0 Å². The van der Waals surface area contributed by atoms with E-state index in [1.807, 2.05) is 38.1 Å². The SMILES string of the molecule is CCc1c(S(=O)(=O)Nc2ccon2)ncc(C(=O)N2CCC(c3ccc(F)cc3)CC2)c1Nc1ccccc1C. The van der Waals surface area contributed by atoms with E-state index in [4.69, 9.17) is 4.52 Å². The lowest BCUT2D eigenvalue weighted by molar-refractivity contribution is 0.0713. The molecule has 0 radical (unpaired) electrons. The second kappa shape index (κ2) is 11.5. The van der Waals surface area contributed by atoms with Gasteiger partial charge in [0.05, 0.1) is 11.3 Å². The Morgan fingerprint density at radius 1 is 1.10 bits per heavy atom. The summed E-state index contributed by atoms with van der Waals surface area (Å²) in [6.45, 7) is 4.78. The zero-order valence-electron chi connectivity index (χ0n) is 22.2. The first kappa shape index (κ1) is 27.3. The number of carbonyl (C=O) groups excluding carboxylic acids is 1. The largest absolute Gasteiger partial charge is 0.363 e. The van der Waals surface area contributed by atoms with Crippen LogP contribution in [0.2, 0.25) is 0 Å². The maximum absolute atomic E-state index is 13.9. The number of aryl methyl sites for hydroxylation is 1. The first-order chi connectivity index (χ1) is 19.3. The highest BCUT2D eigenvalue weighted by Gasteiger charge is 2.31. The fourth-order valence-electron chi connectivity index (χ4n) is 5.02. The number of halogens is 1. The smallest absolute Gasteiger partial charge is 0.280 e. The van der Waals surface area contributed by atoms with Gasteiger partial charge >= 0.3 is 0 Å². The number of nitrogens with zero attached hydrogens (tertiary/aromatic N) is 3. The number of pyridine rings is 1. The molecule has 0 saturated carbocycles. The number of aromatic nitrogens is 2. The number of rotatable bonds is 8. The molecule has 0 atom stereocenters. The molecule has 3 heterocycles. The number of hydrogen-bond acceptors (Lipinski definition) is 7. The molecule has 1 aliphatic heterocycles. The van der Waals surface area contributed by atoms with Gasteiger partial charge in [-0.05, 0) is 61.4 Å². The number of para-hydroxylation sites is 1. The molecule has 0 spiro atoms. The second-order valence-electron chi connectivity index (χ2n) is 9.73. The maximum Gasteiger partial charge on any atom is 0.280 e. The molecule has 1 saturated heterocycles. The van der Waals surface area contributed by atoms with Gasteiger partial charge in [0.1, 0.15) is 12.1 Å². The molecule has 2 aromatic heterocycles. The van der Waals surface area contributed by atoms with Crippen molar-refractivity contribution in [2.24, 2.45) is 0 Å². The third-order valence-corrected chi connectivity index (χ3v) is 8.52. The average Bonchev–Trinajstić information content (AvgIpc) is 3.46. The molecule has 2 aromatic carbocycles. The Morgan fingerprint density at radius 3 is 2.48 bits per heavy atom. The van der Waals surface area contributed by atoms with Crippen molar-refractivity contribution in [3.63, 3.8) is 0 Å². The lowest BCUT2D eigenvalue weighted by Gasteiger charge is -2.33. The molecule has 0 unspecified atom stereocenters. The van der Waals surface area contributed by atoms with E-state index < -0.39 is 10.0 Å². The van der Waals surface area contributed by atoms with E-state index in [1.54, 1.807) is 17.0 Å². The molecule has 4 aromatic rings. The van der Waals surface area contributed by atoms with E-state index in [2.05, 4.69) is 20.2 Å². The summed E-state index contributed by atoms with van der Waals surface area (Å²) in [5.74, 6) is -0.245. The van der Waals surface area contributed by atoms with Crippen LogP contribution in [0.4, 0.5) is 21.6 Å². The molecule has 11 heteroatoms. The molecule has 1 fully saturated rings. The third kappa shape index (κ3) is 5.69. The van der Waals surface area contributed by atoms with Crippen LogP contribution in [0.25, 0.3) is 0 Å². The number of carbonyl (C=O) groups is 1. The Bertz CT molecular complexity index is 1600. The van der Waals surface area contributed by atoms with Crippen LogP contribution in [0.1, 0.15) is 52.7 Å². The molecule has 5 rings (SSSR count). The van der Waals surface area contributed by atoms with E-state index in [9.17, 15) is 17.6 Å². The minimum Gasteiger partial charge on any atom is -0.363 e. The van der Waals surface area contributed by atoms with Crippen molar-refractivity contribution in [1.29, 1.82) is 0 Å². The Labute approximate surface area is 232 Å². The second-order valence-corrected chi connectivity index (χ2v) is 11.3. The van der Waals surface area contributed by atoms with Crippen LogP contribution in [-0.2, 0) is 16.4 Å². The first-order valence-corrected chi connectivity index (χ1v) is 14.6. The maximum atomic E-state index is 13.9. The van der Waals surface area contributed by atoms with Crippen molar-refractivity contribution in [3.05, 3.63) is 95.1 Å². The van der Waals surface area contributed by atoms with Crippen molar-refractivity contribution in [3.8, 4) is 0 Å². The van der Waals surface area contributed by atoms with Crippen molar-refractivity contribution >= 4 is 33.1 Å². The van der Waals surface area contributed by atoms with E-state index in [0.29, 0.717) is 36.3 Å². The molecule has 9 nitrogen and oxygen atoms in total. The number of piperidine rings is 1. The zero-order valence-corrected chi connectivity index (χ0v) is 23.0. The van der Waals surface area contributed by atoms with E-state index in [1.165, 1.54) is 30.7 Å². The normalized spacial score (nSPS) is 14.2. The predicted octanol–water partition coefficient (Wildman–Crippen LogP) is 5.64. The molecule has 2 N–H and O–H groups in total. The first-order valence-electron chi connectivity index (χ1n) is 13.1. The number of anilines is 3. The Morgan fingerprint density at radius 2 is 1.82 bits per heavy atom. The monoisotopic (exact) mass is 563 g/mol. The van der Waals surface area contributed by atoms with Crippen molar-refractivity contribution in [2.75, 3.05) is 23.1 Å². The van der Waals surface area contributed by atoms with Crippen LogP contribution >= 0.6 is 0 Å². The molecule has 208 valence electrons. The van der Waals surface area contributed by atoms with Crippen molar-refractivity contribution < 1.29 is 22.1 Å². The Kier molecular flexibility index (Phi) is 7.83. The third-order valence-electron chi connectivity index (χ3n) is 7.18. The summed E-state index contributed by atoms with van der Waals surface area (Å²) in [4.78, 5) is 19.9. The summed E-state index contributed by atoms with van der Waals surface area (Å²) in [6.07, 6.45) is 4.36. The Hall–Kier alpha value is -4.25. The van der Waals surface area contributed by atoms with Gasteiger partial charge in [-0.2, -0.15) is 8.42 Å². The standard InChI is InChI=1S/C29H30FN5O4S/c1-3-23-27(32-25-7-5-4-6-19(25)2)24(18-31-28(23)40(37,38)34-26-14-17-39-33-26)29(36)35-15-12-21(13-16-35)20-8-10-22(30)11-9-20/h4-11,14,17-18,21H,3,12-13,15-16H2,1-2H3,(H,31,32)(H,33,34). The number of hydrogen-bond donors (Lipinski definition) is 2. The summed E-state index contributed by atoms with van der Waals surface area (Å²) in [5.41, 5.74) is 3.81. The van der Waals surface area contributed by atoms with Gasteiger partial charge in [-0.25, -0.2) is 9.37 Å². The van der Waals surface area contributed by atoms with Gasteiger partial charge in [-0.1, -0.05) is 42.4 Å². The lowest BCUT2D eigenvalue weighted by atomic mass is 9.89. The molecular formula is C29H30FN5O4S. The van der Waals surface area contributed by atoms with Gasteiger partial charge in [-0.3, -0.25) is 9.52 Å². The van der Waals surface area contributed by atoms with Crippen molar-refractivity contribution in [1.82, 2.24) is 15.0 Å². The van der Waals surface area contributed by atoms with Crippen LogP contribution in [0.15, 0.2) is 76.6 Å². The summed E-state index contributed by atoms with van der Waals surface area (Å²) in [7, 11) is -4.13. The van der Waals surface area contributed by atoms with E-state index >= 15 is 0 Å². The molecule has 1 aliphatic rings. The number of nitrogens with one attached hydrogen (secondary N) is 2. The van der Waals surface area contributed by atoms with Crippen LogP contribution in [0.3, 0.4) is 0 Å². The average molecular weight is 564 g/mol. The number of sulfonamides is 1. The number of amides is 1. The minimum atomic E-state index is -4.13. The molecule has 1 amide bonds. The highest BCUT2D eigenvalue weighted by molar-refractivity contribution is 7.92. The van der Waals surface area contributed by atoms with Crippen LogP contribution in [-0.4, -0.2) is 42.5 Å². The highest BCUT2D eigenvalue weighted by atomic mass is 32.2. The topological polar surface area (TPSA) is 117 Å².